The van der Waals surface area contributed by atoms with Crippen LogP contribution in [0.2, 0.25) is 0 Å². The molecule has 0 radical (unpaired) electrons. The number of ether oxygens (including phenoxy) is 1. The highest BCUT2D eigenvalue weighted by Gasteiger charge is 2.04. The van der Waals surface area contributed by atoms with Crippen LogP contribution in [0.4, 0.5) is 0 Å². The summed E-state index contributed by atoms with van der Waals surface area (Å²) < 4.78 is 7.98. The number of nitrogens with one attached hydrogen (secondary N) is 2. The Morgan fingerprint density at radius 3 is 2.62 bits per heavy atom. The van der Waals surface area contributed by atoms with Crippen LogP contribution in [0, 0.1) is 13.8 Å². The molecule has 0 spiro atoms. The molecule has 0 aliphatic rings. The van der Waals surface area contributed by atoms with E-state index in [2.05, 4.69) is 69.4 Å². The van der Waals surface area contributed by atoms with Crippen LogP contribution in [0.25, 0.3) is 0 Å². The molecule has 0 aliphatic carbocycles. The third-order valence-corrected chi connectivity index (χ3v) is 4.15. The maximum Gasteiger partial charge on any atom is 0.191 e. The molecule has 0 fully saturated rings. The van der Waals surface area contributed by atoms with Gasteiger partial charge in [0.15, 0.2) is 5.96 Å². The van der Waals surface area contributed by atoms with Gasteiger partial charge in [0, 0.05) is 33.1 Å². The molecule has 1 heterocycles. The Morgan fingerprint density at radius 1 is 1.19 bits per heavy atom. The SMILES string of the molecule is CCc1nncn1CCNC(=NC)NCCCOc1c(C)cccc1C. The molecule has 1 aromatic heterocycles. The first-order chi connectivity index (χ1) is 12.7. The maximum atomic E-state index is 5.92. The molecule has 0 atom stereocenters. The number of benzene rings is 1. The number of nitrogens with zero attached hydrogens (tertiary/aromatic N) is 4. The standard InChI is InChI=1S/C19H30N6O/c1-5-17-24-23-14-25(17)12-11-22-19(20-4)21-10-7-13-26-18-15(2)8-6-9-16(18)3/h6,8-9,14H,5,7,10-13H2,1-4H3,(H2,20,21,22). The van der Waals surface area contributed by atoms with E-state index in [0.29, 0.717) is 6.61 Å². The summed E-state index contributed by atoms with van der Waals surface area (Å²) in [6, 6.07) is 6.20. The lowest BCUT2D eigenvalue weighted by Gasteiger charge is -2.14. The van der Waals surface area contributed by atoms with Crippen molar-refractivity contribution >= 4 is 5.96 Å². The van der Waals surface area contributed by atoms with Gasteiger partial charge in [-0.05, 0) is 31.4 Å². The molecule has 0 bridgehead atoms. The Balaban J connectivity index is 1.64. The topological polar surface area (TPSA) is 76.4 Å². The molecule has 2 aromatic rings. The molecular weight excluding hydrogens is 328 g/mol. The number of aliphatic imine (C=N–C) groups is 1. The molecule has 7 heteroatoms. The van der Waals surface area contributed by atoms with Gasteiger partial charge in [0.1, 0.15) is 17.9 Å². The van der Waals surface area contributed by atoms with Gasteiger partial charge in [0.05, 0.1) is 6.61 Å². The van der Waals surface area contributed by atoms with Gasteiger partial charge in [0.25, 0.3) is 0 Å². The Morgan fingerprint density at radius 2 is 1.92 bits per heavy atom. The zero-order valence-electron chi connectivity index (χ0n) is 16.2. The van der Waals surface area contributed by atoms with Crippen molar-refractivity contribution in [3.8, 4) is 5.75 Å². The first-order valence-corrected chi connectivity index (χ1v) is 9.16. The third-order valence-electron chi connectivity index (χ3n) is 4.15. The average molecular weight is 358 g/mol. The second kappa shape index (κ2) is 10.4. The van der Waals surface area contributed by atoms with Crippen LogP contribution >= 0.6 is 0 Å². The summed E-state index contributed by atoms with van der Waals surface area (Å²) in [5.74, 6) is 2.79. The number of aromatic nitrogens is 3. The van der Waals surface area contributed by atoms with Crippen LogP contribution in [-0.4, -0.2) is 47.5 Å². The van der Waals surface area contributed by atoms with Gasteiger partial charge in [0.2, 0.25) is 0 Å². The lowest BCUT2D eigenvalue weighted by atomic mass is 10.1. The number of hydrogen-bond donors (Lipinski definition) is 2. The van der Waals surface area contributed by atoms with Crippen molar-refractivity contribution in [1.29, 1.82) is 0 Å². The van der Waals surface area contributed by atoms with Gasteiger partial charge >= 0.3 is 0 Å². The molecule has 0 aliphatic heterocycles. The zero-order valence-corrected chi connectivity index (χ0v) is 16.2. The fraction of sp³-hybridized carbons (Fsp3) is 0.526. The first kappa shape index (κ1) is 19.8. The van der Waals surface area contributed by atoms with Crippen LogP contribution in [0.1, 0.15) is 30.3 Å². The second-order valence-corrected chi connectivity index (χ2v) is 6.14. The summed E-state index contributed by atoms with van der Waals surface area (Å²) in [7, 11) is 1.78. The lowest BCUT2D eigenvalue weighted by molar-refractivity contribution is 0.307. The summed E-state index contributed by atoms with van der Waals surface area (Å²) in [5, 5.41) is 14.6. The van der Waals surface area contributed by atoms with Crippen LogP contribution in [0.15, 0.2) is 29.5 Å². The van der Waals surface area contributed by atoms with Gasteiger partial charge in [-0.2, -0.15) is 0 Å². The monoisotopic (exact) mass is 358 g/mol. The van der Waals surface area contributed by atoms with E-state index >= 15 is 0 Å². The van der Waals surface area contributed by atoms with E-state index in [0.717, 1.165) is 50.0 Å². The van der Waals surface area contributed by atoms with Crippen molar-refractivity contribution < 1.29 is 4.74 Å². The molecule has 7 nitrogen and oxygen atoms in total. The number of aryl methyl sites for hydroxylation is 3. The van der Waals surface area contributed by atoms with E-state index < -0.39 is 0 Å². The molecule has 2 rings (SSSR count). The zero-order chi connectivity index (χ0) is 18.8. The molecule has 26 heavy (non-hydrogen) atoms. The highest BCUT2D eigenvalue weighted by Crippen LogP contribution is 2.22. The van der Waals surface area contributed by atoms with Crippen LogP contribution in [-0.2, 0) is 13.0 Å². The van der Waals surface area contributed by atoms with Gasteiger partial charge in [-0.3, -0.25) is 4.99 Å². The highest BCUT2D eigenvalue weighted by atomic mass is 16.5. The van der Waals surface area contributed by atoms with Crippen molar-refractivity contribution in [2.24, 2.45) is 4.99 Å². The van der Waals surface area contributed by atoms with Crippen molar-refractivity contribution in [1.82, 2.24) is 25.4 Å². The lowest BCUT2D eigenvalue weighted by Crippen LogP contribution is -2.39. The Bertz CT molecular complexity index is 690. The smallest absolute Gasteiger partial charge is 0.191 e. The summed E-state index contributed by atoms with van der Waals surface area (Å²) in [5.41, 5.74) is 2.35. The normalized spacial score (nSPS) is 11.5. The number of guanidine groups is 1. The summed E-state index contributed by atoms with van der Waals surface area (Å²) in [6.07, 6.45) is 3.55. The summed E-state index contributed by atoms with van der Waals surface area (Å²) in [4.78, 5) is 4.25. The predicted octanol–water partition coefficient (Wildman–Crippen LogP) is 2.09. The quantitative estimate of drug-likeness (QED) is 0.408. The number of para-hydroxylation sites is 1. The van der Waals surface area contributed by atoms with E-state index in [9.17, 15) is 0 Å². The average Bonchev–Trinajstić information content (AvgIpc) is 3.09. The third kappa shape index (κ3) is 5.75. The molecule has 142 valence electrons. The molecule has 2 N–H and O–H groups in total. The minimum absolute atomic E-state index is 0.677. The molecule has 0 saturated heterocycles. The fourth-order valence-corrected chi connectivity index (χ4v) is 2.73. The van der Waals surface area contributed by atoms with E-state index in [1.807, 2.05) is 0 Å². The molecule has 0 saturated carbocycles. The second-order valence-electron chi connectivity index (χ2n) is 6.14. The molecule has 0 unspecified atom stereocenters. The van der Waals surface area contributed by atoms with Crippen molar-refractivity contribution in [2.75, 3.05) is 26.7 Å². The van der Waals surface area contributed by atoms with Gasteiger partial charge in [-0.25, -0.2) is 0 Å². The minimum atomic E-state index is 0.677. The van der Waals surface area contributed by atoms with E-state index in [1.165, 1.54) is 11.1 Å². The minimum Gasteiger partial charge on any atom is -0.493 e. The van der Waals surface area contributed by atoms with Crippen molar-refractivity contribution in [2.45, 2.75) is 40.2 Å². The van der Waals surface area contributed by atoms with E-state index in [-0.39, 0.29) is 0 Å². The van der Waals surface area contributed by atoms with Gasteiger partial charge in [-0.15, -0.1) is 10.2 Å². The van der Waals surface area contributed by atoms with Gasteiger partial charge in [-0.1, -0.05) is 25.1 Å². The van der Waals surface area contributed by atoms with E-state index in [1.54, 1.807) is 13.4 Å². The number of hydrogen-bond acceptors (Lipinski definition) is 4. The Kier molecular flexibility index (Phi) is 7.92. The first-order valence-electron chi connectivity index (χ1n) is 9.16. The maximum absolute atomic E-state index is 5.92. The van der Waals surface area contributed by atoms with E-state index in [4.69, 9.17) is 4.74 Å². The van der Waals surface area contributed by atoms with Crippen LogP contribution in [0.3, 0.4) is 0 Å². The van der Waals surface area contributed by atoms with Gasteiger partial charge < -0.3 is 19.9 Å². The van der Waals surface area contributed by atoms with Crippen molar-refractivity contribution in [3.63, 3.8) is 0 Å². The summed E-state index contributed by atoms with van der Waals surface area (Å²) >= 11 is 0. The largest absolute Gasteiger partial charge is 0.493 e. The predicted molar refractivity (Wildman–Crippen MR) is 105 cm³/mol. The van der Waals surface area contributed by atoms with Crippen LogP contribution < -0.4 is 15.4 Å². The fourth-order valence-electron chi connectivity index (χ4n) is 2.73. The summed E-state index contributed by atoms with van der Waals surface area (Å²) in [6.45, 7) is 9.29. The number of rotatable bonds is 9. The highest BCUT2D eigenvalue weighted by molar-refractivity contribution is 5.79. The molecule has 0 amide bonds. The molecular formula is C19H30N6O. The van der Waals surface area contributed by atoms with Crippen molar-refractivity contribution in [3.05, 3.63) is 41.5 Å². The molecule has 1 aromatic carbocycles. The van der Waals surface area contributed by atoms with Crippen LogP contribution in [0.5, 0.6) is 5.75 Å². The Labute approximate surface area is 155 Å². The Hall–Kier alpha value is -2.57.